The zero-order chi connectivity index (χ0) is 20.6. The molecular weight excluding hydrogens is 372 g/mol. The van der Waals surface area contributed by atoms with Crippen molar-refractivity contribution < 1.29 is 19.5 Å². The Kier molecular flexibility index (Phi) is 6.99. The first-order valence-corrected chi connectivity index (χ1v) is 9.88. The third-order valence-electron chi connectivity index (χ3n) is 4.99. The number of nitrogens with one attached hydrogen (secondary N) is 1. The van der Waals surface area contributed by atoms with Gasteiger partial charge in [-0.15, -0.1) is 0 Å². The van der Waals surface area contributed by atoms with Crippen molar-refractivity contribution in [2.75, 3.05) is 6.54 Å². The van der Waals surface area contributed by atoms with Crippen molar-refractivity contribution in [1.29, 1.82) is 0 Å². The van der Waals surface area contributed by atoms with E-state index in [1.54, 1.807) is 0 Å². The minimum absolute atomic E-state index is 0.0292. The number of carbonyl (C=O) groups excluding carboxylic acids is 2. The predicted octanol–water partition coefficient (Wildman–Crippen LogP) is 2.06. The third-order valence-corrected chi connectivity index (χ3v) is 4.99. The first-order chi connectivity index (χ1) is 14.0. The number of hydrogen-bond acceptors (Lipinski definition) is 4. The Morgan fingerprint density at radius 2 is 1.86 bits per heavy atom. The standard InChI is InChI=1S/C21H26N4O4/c26-19(23-18-9-5-2-6-10-18)14-25-13-17(11-22-25)21(29)24(15-20(27)28)12-16-7-3-1-4-8-16/h1,3-4,7-8,11,13,18H,2,5-6,9-10,12,14-15H2,(H,23,26)(H,27,28). The number of rotatable bonds is 8. The molecule has 0 saturated heterocycles. The summed E-state index contributed by atoms with van der Waals surface area (Å²) >= 11 is 0. The zero-order valence-corrected chi connectivity index (χ0v) is 16.3. The molecule has 29 heavy (non-hydrogen) atoms. The van der Waals surface area contributed by atoms with Gasteiger partial charge < -0.3 is 15.3 Å². The number of carboxylic acid groups (broad SMARTS) is 1. The van der Waals surface area contributed by atoms with Crippen LogP contribution in [0.5, 0.6) is 0 Å². The highest BCUT2D eigenvalue weighted by atomic mass is 16.4. The number of carbonyl (C=O) groups is 3. The molecule has 2 amide bonds. The van der Waals surface area contributed by atoms with Gasteiger partial charge in [-0.2, -0.15) is 5.10 Å². The molecule has 154 valence electrons. The van der Waals surface area contributed by atoms with E-state index in [0.29, 0.717) is 0 Å². The van der Waals surface area contributed by atoms with E-state index in [1.807, 2.05) is 30.3 Å². The molecule has 1 fully saturated rings. The maximum atomic E-state index is 12.8. The maximum absolute atomic E-state index is 12.8. The Morgan fingerprint density at radius 3 is 2.55 bits per heavy atom. The van der Waals surface area contributed by atoms with Crippen LogP contribution < -0.4 is 5.32 Å². The van der Waals surface area contributed by atoms with Crippen LogP contribution in [0.25, 0.3) is 0 Å². The zero-order valence-electron chi connectivity index (χ0n) is 16.3. The number of hydrogen-bond donors (Lipinski definition) is 2. The summed E-state index contributed by atoms with van der Waals surface area (Å²) in [6, 6.07) is 9.41. The Morgan fingerprint density at radius 1 is 1.14 bits per heavy atom. The van der Waals surface area contributed by atoms with Crippen LogP contribution in [0.4, 0.5) is 0 Å². The maximum Gasteiger partial charge on any atom is 0.323 e. The number of benzene rings is 1. The topological polar surface area (TPSA) is 105 Å². The fourth-order valence-electron chi connectivity index (χ4n) is 3.58. The molecule has 0 spiro atoms. The van der Waals surface area contributed by atoms with Gasteiger partial charge >= 0.3 is 5.97 Å². The summed E-state index contributed by atoms with van der Waals surface area (Å²) in [5.74, 6) is -1.66. The van der Waals surface area contributed by atoms with Gasteiger partial charge in [-0.05, 0) is 18.4 Å². The summed E-state index contributed by atoms with van der Waals surface area (Å²) < 4.78 is 1.41. The summed E-state index contributed by atoms with van der Waals surface area (Å²) in [5, 5.41) is 16.3. The average molecular weight is 398 g/mol. The Hall–Kier alpha value is -3.16. The van der Waals surface area contributed by atoms with Gasteiger partial charge in [-0.25, -0.2) is 0 Å². The van der Waals surface area contributed by atoms with Crippen molar-refractivity contribution >= 4 is 17.8 Å². The van der Waals surface area contributed by atoms with Crippen molar-refractivity contribution in [2.45, 2.75) is 51.2 Å². The van der Waals surface area contributed by atoms with Crippen LogP contribution in [0.15, 0.2) is 42.7 Å². The molecule has 0 unspecified atom stereocenters. The molecule has 1 aliphatic carbocycles. The van der Waals surface area contributed by atoms with Crippen molar-refractivity contribution in [3.63, 3.8) is 0 Å². The van der Waals surface area contributed by atoms with Gasteiger partial charge in [-0.3, -0.25) is 19.1 Å². The van der Waals surface area contributed by atoms with Crippen molar-refractivity contribution in [2.24, 2.45) is 0 Å². The SMILES string of the molecule is O=C(O)CN(Cc1ccccc1)C(=O)c1cnn(CC(=O)NC2CCCCC2)c1. The third kappa shape index (κ3) is 6.17. The number of aromatic nitrogens is 2. The monoisotopic (exact) mass is 398 g/mol. The van der Waals surface area contributed by atoms with Crippen LogP contribution in [0.2, 0.25) is 0 Å². The number of carboxylic acids is 1. The van der Waals surface area contributed by atoms with Gasteiger partial charge in [0.05, 0.1) is 11.8 Å². The van der Waals surface area contributed by atoms with Gasteiger partial charge in [-0.1, -0.05) is 49.6 Å². The normalized spacial score (nSPS) is 14.3. The second-order valence-corrected chi connectivity index (χ2v) is 7.37. The smallest absolute Gasteiger partial charge is 0.323 e. The van der Waals surface area contributed by atoms with Gasteiger partial charge in [0.2, 0.25) is 5.91 Å². The van der Waals surface area contributed by atoms with E-state index in [0.717, 1.165) is 31.2 Å². The lowest BCUT2D eigenvalue weighted by molar-refractivity contribution is -0.137. The van der Waals surface area contributed by atoms with Crippen molar-refractivity contribution in [3.05, 3.63) is 53.9 Å². The van der Waals surface area contributed by atoms with E-state index in [1.165, 1.54) is 28.4 Å². The first kappa shape index (κ1) is 20.6. The Balaban J connectivity index is 1.62. The Labute approximate surface area is 169 Å². The van der Waals surface area contributed by atoms with Crippen molar-refractivity contribution in [3.8, 4) is 0 Å². The first-order valence-electron chi connectivity index (χ1n) is 9.88. The molecule has 3 rings (SSSR count). The second kappa shape index (κ2) is 9.86. The average Bonchev–Trinajstić information content (AvgIpc) is 3.16. The lowest BCUT2D eigenvalue weighted by Crippen LogP contribution is -2.38. The molecule has 2 N–H and O–H groups in total. The summed E-state index contributed by atoms with van der Waals surface area (Å²) in [7, 11) is 0. The largest absolute Gasteiger partial charge is 0.480 e. The highest BCUT2D eigenvalue weighted by Gasteiger charge is 2.21. The van der Waals surface area contributed by atoms with Gasteiger partial charge in [0.1, 0.15) is 13.1 Å². The number of nitrogens with zero attached hydrogens (tertiary/aromatic N) is 3. The van der Waals surface area contributed by atoms with E-state index in [4.69, 9.17) is 5.11 Å². The van der Waals surface area contributed by atoms with Gasteiger partial charge in [0.15, 0.2) is 0 Å². The summed E-state index contributed by atoms with van der Waals surface area (Å²) in [6.45, 7) is -0.207. The summed E-state index contributed by atoms with van der Waals surface area (Å²) in [4.78, 5) is 37.5. The van der Waals surface area contributed by atoms with Crippen LogP contribution in [0, 0.1) is 0 Å². The molecule has 8 nitrogen and oxygen atoms in total. The van der Waals surface area contributed by atoms with Gasteiger partial charge in [0.25, 0.3) is 5.91 Å². The molecule has 1 heterocycles. The molecule has 0 radical (unpaired) electrons. The molecular formula is C21H26N4O4. The van der Waals surface area contributed by atoms with E-state index in [2.05, 4.69) is 10.4 Å². The quantitative estimate of drug-likeness (QED) is 0.708. The summed E-state index contributed by atoms with van der Waals surface area (Å²) in [6.07, 6.45) is 8.33. The second-order valence-electron chi connectivity index (χ2n) is 7.37. The van der Waals surface area contributed by atoms with Crippen LogP contribution in [-0.2, 0) is 22.7 Å². The number of aliphatic carboxylic acids is 1. The molecule has 0 aliphatic heterocycles. The van der Waals surface area contributed by atoms with E-state index >= 15 is 0 Å². The minimum Gasteiger partial charge on any atom is -0.480 e. The molecule has 1 saturated carbocycles. The molecule has 0 atom stereocenters. The van der Waals surface area contributed by atoms with Crippen LogP contribution in [0.3, 0.4) is 0 Å². The van der Waals surface area contributed by atoms with Gasteiger partial charge in [0, 0.05) is 18.8 Å². The highest BCUT2D eigenvalue weighted by molar-refractivity contribution is 5.95. The lowest BCUT2D eigenvalue weighted by atomic mass is 9.95. The van der Waals surface area contributed by atoms with E-state index in [9.17, 15) is 14.4 Å². The number of amides is 2. The molecule has 1 aromatic carbocycles. The molecule has 8 heteroatoms. The van der Waals surface area contributed by atoms with E-state index in [-0.39, 0.29) is 30.6 Å². The molecule has 0 bridgehead atoms. The highest BCUT2D eigenvalue weighted by Crippen LogP contribution is 2.17. The predicted molar refractivity (Wildman–Crippen MR) is 106 cm³/mol. The molecule has 2 aromatic rings. The summed E-state index contributed by atoms with van der Waals surface area (Å²) in [5.41, 5.74) is 1.09. The van der Waals surface area contributed by atoms with Crippen LogP contribution in [-0.4, -0.2) is 50.2 Å². The van der Waals surface area contributed by atoms with Crippen molar-refractivity contribution in [1.82, 2.24) is 20.0 Å². The Bertz CT molecular complexity index is 843. The fourth-order valence-corrected chi connectivity index (χ4v) is 3.58. The lowest BCUT2D eigenvalue weighted by Gasteiger charge is -2.22. The van der Waals surface area contributed by atoms with Crippen LogP contribution in [0.1, 0.15) is 48.0 Å². The minimum atomic E-state index is -1.09. The fraction of sp³-hybridized carbons (Fsp3) is 0.429. The molecule has 1 aliphatic rings. The molecule has 1 aromatic heterocycles. The van der Waals surface area contributed by atoms with Crippen LogP contribution >= 0.6 is 0 Å². The van der Waals surface area contributed by atoms with E-state index < -0.39 is 18.4 Å².